The van der Waals surface area contributed by atoms with Crippen molar-refractivity contribution >= 4 is 33.2 Å². The van der Waals surface area contributed by atoms with Crippen LogP contribution in [0.1, 0.15) is 0 Å². The monoisotopic (exact) mass is 412 g/mol. The summed E-state index contributed by atoms with van der Waals surface area (Å²) in [5.41, 5.74) is 0.427. The van der Waals surface area contributed by atoms with Crippen LogP contribution < -0.4 is 5.32 Å². The summed E-state index contributed by atoms with van der Waals surface area (Å²) < 4.78 is 39.8. The smallest absolute Gasteiger partial charge is 0.243 e. The lowest BCUT2D eigenvalue weighted by molar-refractivity contribution is -0.117. The Morgan fingerprint density at radius 1 is 1.19 bits per heavy atom. The number of nitrogens with one attached hydrogen (secondary N) is 1. The predicted octanol–water partition coefficient (Wildman–Crippen LogP) is 1.82. The van der Waals surface area contributed by atoms with Crippen LogP contribution in [-0.2, 0) is 14.8 Å². The highest BCUT2D eigenvalue weighted by molar-refractivity contribution is 7.89. The number of sulfonamides is 1. The Morgan fingerprint density at radius 2 is 1.93 bits per heavy atom. The molecule has 2 aromatic rings. The van der Waals surface area contributed by atoms with Gasteiger partial charge in [-0.15, -0.1) is 0 Å². The van der Waals surface area contributed by atoms with Crippen molar-refractivity contribution in [2.75, 3.05) is 38.0 Å². The van der Waals surface area contributed by atoms with Gasteiger partial charge in [0, 0.05) is 32.4 Å². The quantitative estimate of drug-likeness (QED) is 0.757. The molecule has 1 fully saturated rings. The standard InChI is InChI=1S/C17H18ClFN4O3S/c18-17-15(5-2-6-20-17)21-16(24)12-22-7-9-23(10-8-22)27(25,26)14-4-1-3-13(19)11-14/h1-6,11H,7-10,12H2,(H,21,24). The van der Waals surface area contributed by atoms with Crippen LogP contribution in [0.4, 0.5) is 10.1 Å². The third-order valence-corrected chi connectivity index (χ3v) is 6.36. The molecule has 0 spiro atoms. The molecule has 0 saturated carbocycles. The number of anilines is 1. The predicted molar refractivity (Wildman–Crippen MR) is 99.5 cm³/mol. The Hall–Kier alpha value is -2.07. The maximum absolute atomic E-state index is 13.3. The summed E-state index contributed by atoms with van der Waals surface area (Å²) in [5, 5.41) is 2.89. The van der Waals surface area contributed by atoms with E-state index in [-0.39, 0.29) is 35.6 Å². The summed E-state index contributed by atoms with van der Waals surface area (Å²) >= 11 is 5.91. The molecule has 0 atom stereocenters. The molecule has 1 aliphatic heterocycles. The highest BCUT2D eigenvalue weighted by Crippen LogP contribution is 2.19. The van der Waals surface area contributed by atoms with Gasteiger partial charge in [-0.2, -0.15) is 4.31 Å². The molecule has 1 aromatic carbocycles. The van der Waals surface area contributed by atoms with Gasteiger partial charge in [-0.3, -0.25) is 9.69 Å². The van der Waals surface area contributed by atoms with E-state index >= 15 is 0 Å². The van der Waals surface area contributed by atoms with E-state index < -0.39 is 15.8 Å². The van der Waals surface area contributed by atoms with E-state index in [1.165, 1.54) is 28.7 Å². The van der Waals surface area contributed by atoms with E-state index in [0.717, 1.165) is 6.07 Å². The Kier molecular flexibility index (Phi) is 6.05. The number of rotatable bonds is 5. The Balaban J connectivity index is 1.56. The minimum absolute atomic E-state index is 0.0695. The molecule has 1 aliphatic rings. The van der Waals surface area contributed by atoms with Gasteiger partial charge in [0.1, 0.15) is 5.82 Å². The van der Waals surface area contributed by atoms with Crippen LogP contribution in [0.25, 0.3) is 0 Å². The lowest BCUT2D eigenvalue weighted by Gasteiger charge is -2.33. The van der Waals surface area contributed by atoms with Crippen molar-refractivity contribution in [3.8, 4) is 0 Å². The van der Waals surface area contributed by atoms with Crippen molar-refractivity contribution in [3.63, 3.8) is 0 Å². The number of hydrogen-bond donors (Lipinski definition) is 1. The number of piperazine rings is 1. The first-order valence-corrected chi connectivity index (χ1v) is 10.1. The van der Waals surface area contributed by atoms with Crippen molar-refractivity contribution in [3.05, 3.63) is 53.6 Å². The summed E-state index contributed by atoms with van der Waals surface area (Å²) in [4.78, 5) is 17.8. The normalized spacial score (nSPS) is 16.2. The van der Waals surface area contributed by atoms with Gasteiger partial charge in [0.15, 0.2) is 5.15 Å². The largest absolute Gasteiger partial charge is 0.322 e. The van der Waals surface area contributed by atoms with Gasteiger partial charge in [0.2, 0.25) is 15.9 Å². The van der Waals surface area contributed by atoms with Gasteiger partial charge in [-0.05, 0) is 30.3 Å². The second-order valence-corrected chi connectivity index (χ2v) is 8.32. The lowest BCUT2D eigenvalue weighted by Crippen LogP contribution is -2.50. The molecule has 144 valence electrons. The highest BCUT2D eigenvalue weighted by atomic mass is 35.5. The first-order chi connectivity index (χ1) is 12.9. The fraction of sp³-hybridized carbons (Fsp3) is 0.294. The molecule has 1 aromatic heterocycles. The third-order valence-electron chi connectivity index (χ3n) is 4.17. The molecule has 0 unspecified atom stereocenters. The van der Waals surface area contributed by atoms with Crippen LogP contribution in [-0.4, -0.2) is 61.2 Å². The highest BCUT2D eigenvalue weighted by Gasteiger charge is 2.29. The number of carbonyl (C=O) groups excluding carboxylic acids is 1. The van der Waals surface area contributed by atoms with Crippen molar-refractivity contribution in [1.29, 1.82) is 0 Å². The van der Waals surface area contributed by atoms with Gasteiger partial charge in [0.05, 0.1) is 17.1 Å². The van der Waals surface area contributed by atoms with Crippen LogP contribution in [0, 0.1) is 5.82 Å². The molecule has 27 heavy (non-hydrogen) atoms. The summed E-state index contributed by atoms with van der Waals surface area (Å²) in [7, 11) is -3.75. The summed E-state index contributed by atoms with van der Waals surface area (Å²) in [6.07, 6.45) is 1.52. The van der Waals surface area contributed by atoms with E-state index in [1.807, 2.05) is 4.90 Å². The molecule has 0 aliphatic carbocycles. The first kappa shape index (κ1) is 19.7. The lowest BCUT2D eigenvalue weighted by atomic mass is 10.3. The second kappa shape index (κ2) is 8.30. The Morgan fingerprint density at radius 3 is 2.59 bits per heavy atom. The molecule has 0 radical (unpaired) electrons. The summed E-state index contributed by atoms with van der Waals surface area (Å²) in [6, 6.07) is 8.26. The zero-order valence-corrected chi connectivity index (χ0v) is 15.9. The number of amides is 1. The summed E-state index contributed by atoms with van der Waals surface area (Å²) in [6.45, 7) is 1.34. The number of benzene rings is 1. The average Bonchev–Trinajstić information content (AvgIpc) is 2.64. The van der Waals surface area contributed by atoms with Gasteiger partial charge in [-0.25, -0.2) is 17.8 Å². The average molecular weight is 413 g/mol. The van der Waals surface area contributed by atoms with Crippen LogP contribution in [0.15, 0.2) is 47.5 Å². The molecule has 2 heterocycles. The number of nitrogens with zero attached hydrogens (tertiary/aromatic N) is 3. The minimum Gasteiger partial charge on any atom is -0.322 e. The van der Waals surface area contributed by atoms with E-state index in [1.54, 1.807) is 12.1 Å². The molecule has 3 rings (SSSR count). The van der Waals surface area contributed by atoms with Crippen LogP contribution in [0.5, 0.6) is 0 Å². The first-order valence-electron chi connectivity index (χ1n) is 8.25. The fourth-order valence-electron chi connectivity index (χ4n) is 2.78. The fourth-order valence-corrected chi connectivity index (χ4v) is 4.40. The molecule has 1 N–H and O–H groups in total. The molecule has 10 heteroatoms. The molecule has 7 nitrogen and oxygen atoms in total. The van der Waals surface area contributed by atoms with E-state index in [0.29, 0.717) is 18.8 Å². The molecule has 1 saturated heterocycles. The number of hydrogen-bond acceptors (Lipinski definition) is 5. The zero-order chi connectivity index (χ0) is 19.4. The van der Waals surface area contributed by atoms with Crippen molar-refractivity contribution in [1.82, 2.24) is 14.2 Å². The van der Waals surface area contributed by atoms with Crippen LogP contribution in [0.2, 0.25) is 5.15 Å². The van der Waals surface area contributed by atoms with E-state index in [4.69, 9.17) is 11.6 Å². The molecular weight excluding hydrogens is 395 g/mol. The second-order valence-electron chi connectivity index (χ2n) is 6.03. The minimum atomic E-state index is -3.75. The number of carbonyl (C=O) groups is 1. The van der Waals surface area contributed by atoms with Gasteiger partial charge < -0.3 is 5.32 Å². The van der Waals surface area contributed by atoms with E-state index in [9.17, 15) is 17.6 Å². The van der Waals surface area contributed by atoms with E-state index in [2.05, 4.69) is 10.3 Å². The number of aromatic nitrogens is 1. The molecule has 0 bridgehead atoms. The topological polar surface area (TPSA) is 82.6 Å². The summed E-state index contributed by atoms with van der Waals surface area (Å²) in [5.74, 6) is -0.855. The molecule has 1 amide bonds. The maximum atomic E-state index is 13.3. The van der Waals surface area contributed by atoms with Crippen molar-refractivity contribution in [2.45, 2.75) is 4.90 Å². The van der Waals surface area contributed by atoms with Crippen molar-refractivity contribution in [2.24, 2.45) is 0 Å². The maximum Gasteiger partial charge on any atom is 0.243 e. The zero-order valence-electron chi connectivity index (χ0n) is 14.3. The number of pyridine rings is 1. The third kappa shape index (κ3) is 4.81. The Bertz CT molecular complexity index is 933. The van der Waals surface area contributed by atoms with Crippen molar-refractivity contribution < 1.29 is 17.6 Å². The van der Waals surface area contributed by atoms with Gasteiger partial charge >= 0.3 is 0 Å². The molecular formula is C17H18ClFN4O3S. The Labute approximate surface area is 161 Å². The van der Waals surface area contributed by atoms with Gasteiger partial charge in [0.25, 0.3) is 0 Å². The SMILES string of the molecule is O=C(CN1CCN(S(=O)(=O)c2cccc(F)c2)CC1)Nc1cccnc1Cl. The van der Waals surface area contributed by atoms with Crippen LogP contribution in [0.3, 0.4) is 0 Å². The number of halogens is 2. The van der Waals surface area contributed by atoms with Gasteiger partial charge in [-0.1, -0.05) is 17.7 Å². The van der Waals surface area contributed by atoms with Crippen LogP contribution >= 0.6 is 11.6 Å².